The van der Waals surface area contributed by atoms with Gasteiger partial charge in [-0.25, -0.2) is 12.8 Å². The lowest BCUT2D eigenvalue weighted by Gasteiger charge is -2.07. The van der Waals surface area contributed by atoms with Gasteiger partial charge in [-0.3, -0.25) is 4.98 Å². The van der Waals surface area contributed by atoms with Crippen molar-refractivity contribution in [3.63, 3.8) is 0 Å². The quantitative estimate of drug-likeness (QED) is 0.938. The zero-order chi connectivity index (χ0) is 15.9. The molecule has 1 aliphatic carbocycles. The number of hydrogen-bond donors (Lipinski definition) is 1. The first kappa shape index (κ1) is 15.1. The summed E-state index contributed by atoms with van der Waals surface area (Å²) in [6.07, 6.45) is 3.85. The predicted molar refractivity (Wildman–Crippen MR) is 83.5 cm³/mol. The lowest BCUT2D eigenvalue weighted by molar-refractivity contribution is 0.592. The van der Waals surface area contributed by atoms with Gasteiger partial charge in [0.05, 0.1) is 11.4 Å². The van der Waals surface area contributed by atoms with Crippen molar-refractivity contribution >= 4 is 9.84 Å². The first-order valence-electron chi connectivity index (χ1n) is 7.01. The molecule has 0 unspecified atom stereocenters. The summed E-state index contributed by atoms with van der Waals surface area (Å²) in [5.74, 6) is -0.452. The Morgan fingerprint density at radius 2 is 2.05 bits per heavy atom. The van der Waals surface area contributed by atoms with Crippen molar-refractivity contribution < 1.29 is 12.8 Å². The van der Waals surface area contributed by atoms with E-state index < -0.39 is 15.7 Å². The fraction of sp³-hybridized carbons (Fsp3) is 0.312. The van der Waals surface area contributed by atoms with E-state index >= 15 is 0 Å². The molecule has 0 aliphatic heterocycles. The minimum atomic E-state index is -3.29. The molecule has 0 spiro atoms. The molecule has 2 N–H and O–H groups in total. The highest BCUT2D eigenvalue weighted by Gasteiger charge is 2.34. The molecule has 0 amide bonds. The Morgan fingerprint density at radius 3 is 2.59 bits per heavy atom. The third kappa shape index (κ3) is 3.34. The molecule has 6 heteroatoms. The van der Waals surface area contributed by atoms with E-state index in [0.717, 1.165) is 18.2 Å². The second-order valence-electron chi connectivity index (χ2n) is 5.86. The number of rotatable bonds is 4. The Labute approximate surface area is 129 Å². The average molecular weight is 320 g/mol. The molecule has 2 atom stereocenters. The molecule has 2 aromatic rings. The van der Waals surface area contributed by atoms with Crippen molar-refractivity contribution in [2.45, 2.75) is 24.1 Å². The Kier molecular flexibility index (Phi) is 3.74. The van der Waals surface area contributed by atoms with Crippen LogP contribution < -0.4 is 5.73 Å². The highest BCUT2D eigenvalue weighted by Crippen LogP contribution is 2.38. The van der Waals surface area contributed by atoms with E-state index in [4.69, 9.17) is 5.73 Å². The summed E-state index contributed by atoms with van der Waals surface area (Å²) in [5.41, 5.74) is 8.47. The molecule has 22 heavy (non-hydrogen) atoms. The molecule has 0 saturated heterocycles. The SMILES string of the molecule is CS(=O)(=O)Cc1cc(-c2ccc([C@H]3C[C@@H]3N)cn2)ccc1F. The van der Waals surface area contributed by atoms with Gasteiger partial charge in [0.2, 0.25) is 0 Å². The van der Waals surface area contributed by atoms with Crippen LogP contribution in [0.1, 0.15) is 23.5 Å². The second kappa shape index (κ2) is 5.44. The van der Waals surface area contributed by atoms with Crippen LogP contribution in [-0.4, -0.2) is 25.7 Å². The van der Waals surface area contributed by atoms with Gasteiger partial charge in [-0.1, -0.05) is 6.07 Å². The van der Waals surface area contributed by atoms with Gasteiger partial charge in [0, 0.05) is 35.5 Å². The normalized spacial score (nSPS) is 20.9. The van der Waals surface area contributed by atoms with Gasteiger partial charge < -0.3 is 5.73 Å². The lowest BCUT2D eigenvalue weighted by Crippen LogP contribution is -2.03. The largest absolute Gasteiger partial charge is 0.327 e. The molecule has 3 rings (SSSR count). The third-order valence-electron chi connectivity index (χ3n) is 3.81. The number of halogens is 1. The summed E-state index contributed by atoms with van der Waals surface area (Å²) in [7, 11) is -3.29. The van der Waals surface area contributed by atoms with Gasteiger partial charge in [-0.2, -0.15) is 0 Å². The maximum Gasteiger partial charge on any atom is 0.151 e. The van der Waals surface area contributed by atoms with Gasteiger partial charge in [-0.05, 0) is 36.2 Å². The zero-order valence-electron chi connectivity index (χ0n) is 12.2. The number of aromatic nitrogens is 1. The van der Waals surface area contributed by atoms with Gasteiger partial charge in [0.1, 0.15) is 5.82 Å². The van der Waals surface area contributed by atoms with E-state index in [9.17, 15) is 12.8 Å². The predicted octanol–water partition coefficient (Wildman–Crippen LogP) is 2.25. The monoisotopic (exact) mass is 320 g/mol. The molecule has 116 valence electrons. The summed E-state index contributed by atoms with van der Waals surface area (Å²) in [5, 5.41) is 0. The Morgan fingerprint density at radius 1 is 1.32 bits per heavy atom. The summed E-state index contributed by atoms with van der Waals surface area (Å²) >= 11 is 0. The summed E-state index contributed by atoms with van der Waals surface area (Å²) in [6.45, 7) is 0. The van der Waals surface area contributed by atoms with E-state index in [-0.39, 0.29) is 17.4 Å². The van der Waals surface area contributed by atoms with Crippen LogP contribution in [-0.2, 0) is 15.6 Å². The maximum absolute atomic E-state index is 13.7. The summed E-state index contributed by atoms with van der Waals surface area (Å²) in [6, 6.07) is 8.48. The number of hydrogen-bond acceptors (Lipinski definition) is 4. The van der Waals surface area contributed by atoms with E-state index in [1.807, 2.05) is 12.1 Å². The topological polar surface area (TPSA) is 73.0 Å². The Hall–Kier alpha value is -1.79. The summed E-state index contributed by atoms with van der Waals surface area (Å²) in [4.78, 5) is 4.38. The smallest absolute Gasteiger partial charge is 0.151 e. The van der Waals surface area contributed by atoms with Crippen molar-refractivity contribution in [1.82, 2.24) is 4.98 Å². The molecule has 1 saturated carbocycles. The average Bonchev–Trinajstić information content (AvgIpc) is 3.17. The highest BCUT2D eigenvalue weighted by atomic mass is 32.2. The second-order valence-corrected chi connectivity index (χ2v) is 8.00. The molecule has 0 radical (unpaired) electrons. The van der Waals surface area contributed by atoms with Crippen molar-refractivity contribution in [2.24, 2.45) is 5.73 Å². The molecular weight excluding hydrogens is 303 g/mol. The number of nitrogens with zero attached hydrogens (tertiary/aromatic N) is 1. The Bertz CT molecular complexity index is 803. The van der Waals surface area contributed by atoms with Crippen molar-refractivity contribution in [2.75, 3.05) is 6.26 Å². The van der Waals surface area contributed by atoms with Gasteiger partial charge in [0.15, 0.2) is 9.84 Å². The van der Waals surface area contributed by atoms with E-state index in [1.165, 1.54) is 6.07 Å². The molecule has 4 nitrogen and oxygen atoms in total. The van der Waals surface area contributed by atoms with Crippen LogP contribution in [0.5, 0.6) is 0 Å². The number of nitrogens with two attached hydrogens (primary N) is 1. The highest BCUT2D eigenvalue weighted by molar-refractivity contribution is 7.89. The van der Waals surface area contributed by atoms with Crippen molar-refractivity contribution in [3.05, 3.63) is 53.5 Å². The minimum absolute atomic E-state index is 0.162. The fourth-order valence-corrected chi connectivity index (χ4v) is 3.31. The van der Waals surface area contributed by atoms with Crippen molar-refractivity contribution in [3.8, 4) is 11.3 Å². The van der Waals surface area contributed by atoms with Crippen molar-refractivity contribution in [1.29, 1.82) is 0 Å². The molecular formula is C16H17FN2O2S. The van der Waals surface area contributed by atoms with Gasteiger partial charge in [0.25, 0.3) is 0 Å². The lowest BCUT2D eigenvalue weighted by atomic mass is 10.1. The van der Waals surface area contributed by atoms with Crippen LogP contribution in [0.4, 0.5) is 4.39 Å². The molecule has 1 aromatic heterocycles. The number of benzene rings is 1. The molecule has 1 heterocycles. The number of sulfone groups is 1. The Balaban J connectivity index is 1.89. The molecule has 1 fully saturated rings. The molecule has 0 bridgehead atoms. The molecule has 1 aromatic carbocycles. The zero-order valence-corrected chi connectivity index (χ0v) is 13.0. The first-order chi connectivity index (χ1) is 10.3. The van der Waals surface area contributed by atoms with Gasteiger partial charge >= 0.3 is 0 Å². The van der Waals surface area contributed by atoms with E-state index in [1.54, 1.807) is 18.3 Å². The van der Waals surface area contributed by atoms with Crippen LogP contribution in [0, 0.1) is 5.82 Å². The first-order valence-corrected chi connectivity index (χ1v) is 9.07. The maximum atomic E-state index is 13.7. The number of pyridine rings is 1. The van der Waals surface area contributed by atoms with Gasteiger partial charge in [-0.15, -0.1) is 0 Å². The van der Waals surface area contributed by atoms with Crippen LogP contribution >= 0.6 is 0 Å². The van der Waals surface area contributed by atoms with E-state index in [2.05, 4.69) is 4.98 Å². The minimum Gasteiger partial charge on any atom is -0.327 e. The third-order valence-corrected chi connectivity index (χ3v) is 4.65. The molecule has 1 aliphatic rings. The fourth-order valence-electron chi connectivity index (χ4n) is 2.52. The van der Waals surface area contributed by atoms with Crippen LogP contribution in [0.3, 0.4) is 0 Å². The van der Waals surface area contributed by atoms with Crippen LogP contribution in [0.15, 0.2) is 36.5 Å². The van der Waals surface area contributed by atoms with Crippen LogP contribution in [0.2, 0.25) is 0 Å². The standard InChI is InChI=1S/C16H17FN2O2S/c1-22(20,21)9-12-6-10(2-4-14(12)17)16-5-3-11(8-19-16)13-7-15(13)18/h2-6,8,13,15H,7,9,18H2,1H3/t13-,15+/m1/s1. The van der Waals surface area contributed by atoms with Crippen LogP contribution in [0.25, 0.3) is 11.3 Å². The van der Waals surface area contributed by atoms with E-state index in [0.29, 0.717) is 17.2 Å². The summed E-state index contributed by atoms with van der Waals surface area (Å²) < 4.78 is 36.5.